The standard InChI is InChI=1S/C19H18O6/c1-3-17(20)24-10-4-5-18(21)25-16-9-8-13-11-15(19(22)23-2)7-6-14(13)12-16/h3,6-9,11-12H,1,4-5,10H2,2H3. The van der Waals surface area contributed by atoms with E-state index in [0.29, 0.717) is 17.7 Å². The minimum Gasteiger partial charge on any atom is -0.465 e. The van der Waals surface area contributed by atoms with E-state index in [1.54, 1.807) is 36.4 Å². The molecule has 0 aliphatic rings. The quantitative estimate of drug-likeness (QED) is 0.333. The molecular formula is C19H18O6. The lowest BCUT2D eigenvalue weighted by Crippen LogP contribution is -2.10. The third-order valence-electron chi connectivity index (χ3n) is 3.40. The average Bonchev–Trinajstić information content (AvgIpc) is 2.63. The summed E-state index contributed by atoms with van der Waals surface area (Å²) in [5.74, 6) is -0.935. The van der Waals surface area contributed by atoms with Crippen LogP contribution in [0, 0.1) is 0 Å². The number of hydrogen-bond donors (Lipinski definition) is 0. The smallest absolute Gasteiger partial charge is 0.337 e. The number of carbonyl (C=O) groups excluding carboxylic acids is 3. The van der Waals surface area contributed by atoms with E-state index < -0.39 is 17.9 Å². The highest BCUT2D eigenvalue weighted by atomic mass is 16.5. The highest BCUT2D eigenvalue weighted by Gasteiger charge is 2.09. The molecule has 2 aromatic rings. The van der Waals surface area contributed by atoms with Crippen LogP contribution >= 0.6 is 0 Å². The minimum atomic E-state index is -0.519. The lowest BCUT2D eigenvalue weighted by molar-refractivity contribution is -0.140. The molecule has 0 heterocycles. The van der Waals surface area contributed by atoms with Crippen LogP contribution in [0.1, 0.15) is 23.2 Å². The molecule has 0 aromatic heterocycles. The van der Waals surface area contributed by atoms with E-state index in [4.69, 9.17) is 9.47 Å². The molecule has 0 saturated heterocycles. The van der Waals surface area contributed by atoms with Crippen molar-refractivity contribution in [2.75, 3.05) is 13.7 Å². The molecule has 0 saturated carbocycles. The number of methoxy groups -OCH3 is 1. The van der Waals surface area contributed by atoms with Gasteiger partial charge in [0.1, 0.15) is 5.75 Å². The maximum absolute atomic E-state index is 11.8. The average molecular weight is 342 g/mol. The van der Waals surface area contributed by atoms with Gasteiger partial charge in [0.2, 0.25) is 0 Å². The van der Waals surface area contributed by atoms with E-state index in [-0.39, 0.29) is 13.0 Å². The zero-order valence-electron chi connectivity index (χ0n) is 13.8. The molecule has 6 heteroatoms. The Morgan fingerprint density at radius 2 is 1.80 bits per heavy atom. The van der Waals surface area contributed by atoms with Crippen LogP contribution in [0.15, 0.2) is 49.1 Å². The zero-order valence-corrected chi connectivity index (χ0v) is 13.8. The second-order valence-electron chi connectivity index (χ2n) is 5.16. The summed E-state index contributed by atoms with van der Waals surface area (Å²) in [5.41, 5.74) is 0.453. The highest BCUT2D eigenvalue weighted by molar-refractivity contribution is 5.95. The van der Waals surface area contributed by atoms with Gasteiger partial charge in [0.15, 0.2) is 0 Å². The Labute approximate surface area is 145 Å². The Bertz CT molecular complexity index is 809. The van der Waals surface area contributed by atoms with Gasteiger partial charge in [-0.25, -0.2) is 9.59 Å². The van der Waals surface area contributed by atoms with Crippen molar-refractivity contribution < 1.29 is 28.6 Å². The first-order chi connectivity index (χ1) is 12.0. The summed E-state index contributed by atoms with van der Waals surface area (Å²) in [6.07, 6.45) is 1.57. The molecule has 0 amide bonds. The Balaban J connectivity index is 1.95. The summed E-state index contributed by atoms with van der Waals surface area (Å²) < 4.78 is 14.7. The van der Waals surface area contributed by atoms with Crippen LogP contribution in [0.5, 0.6) is 5.75 Å². The van der Waals surface area contributed by atoms with Crippen molar-refractivity contribution in [2.45, 2.75) is 12.8 Å². The molecule has 0 atom stereocenters. The maximum atomic E-state index is 11.8. The van der Waals surface area contributed by atoms with Crippen LogP contribution in [0.3, 0.4) is 0 Å². The normalized spacial score (nSPS) is 10.1. The Kier molecular flexibility index (Phi) is 6.28. The SMILES string of the molecule is C=CC(=O)OCCCC(=O)Oc1ccc2cc(C(=O)OC)ccc2c1. The fraction of sp³-hybridized carbons (Fsp3) is 0.211. The molecule has 2 aromatic carbocycles. The highest BCUT2D eigenvalue weighted by Crippen LogP contribution is 2.23. The van der Waals surface area contributed by atoms with Crippen LogP contribution in [0.25, 0.3) is 10.8 Å². The zero-order chi connectivity index (χ0) is 18.2. The molecule has 0 radical (unpaired) electrons. The van der Waals surface area contributed by atoms with Gasteiger partial charge in [-0.2, -0.15) is 0 Å². The van der Waals surface area contributed by atoms with Crippen molar-refractivity contribution in [3.63, 3.8) is 0 Å². The van der Waals surface area contributed by atoms with Crippen LogP contribution < -0.4 is 4.74 Å². The first kappa shape index (κ1) is 18.2. The molecule has 0 aliphatic carbocycles. The number of fused-ring (bicyclic) bond motifs is 1. The second-order valence-corrected chi connectivity index (χ2v) is 5.16. The Morgan fingerprint density at radius 1 is 1.08 bits per heavy atom. The first-order valence-corrected chi connectivity index (χ1v) is 7.65. The molecule has 0 spiro atoms. The summed E-state index contributed by atoms with van der Waals surface area (Å²) in [6, 6.07) is 10.2. The van der Waals surface area contributed by atoms with Gasteiger partial charge in [-0.1, -0.05) is 18.7 Å². The van der Waals surface area contributed by atoms with Gasteiger partial charge < -0.3 is 14.2 Å². The molecule has 0 N–H and O–H groups in total. The fourth-order valence-corrected chi connectivity index (χ4v) is 2.16. The van der Waals surface area contributed by atoms with Crippen LogP contribution in [0.2, 0.25) is 0 Å². The third kappa shape index (κ3) is 5.17. The molecule has 25 heavy (non-hydrogen) atoms. The van der Waals surface area contributed by atoms with Crippen LogP contribution in [-0.4, -0.2) is 31.6 Å². The number of carbonyl (C=O) groups is 3. The van der Waals surface area contributed by atoms with E-state index in [0.717, 1.165) is 16.8 Å². The van der Waals surface area contributed by atoms with E-state index in [1.807, 2.05) is 0 Å². The largest absolute Gasteiger partial charge is 0.465 e. The third-order valence-corrected chi connectivity index (χ3v) is 3.40. The van der Waals surface area contributed by atoms with Gasteiger partial charge in [-0.15, -0.1) is 0 Å². The van der Waals surface area contributed by atoms with Crippen molar-refractivity contribution in [2.24, 2.45) is 0 Å². The summed E-state index contributed by atoms with van der Waals surface area (Å²) in [5, 5.41) is 1.66. The molecule has 130 valence electrons. The topological polar surface area (TPSA) is 78.9 Å². The van der Waals surface area contributed by atoms with E-state index in [1.165, 1.54) is 7.11 Å². The van der Waals surface area contributed by atoms with Crippen molar-refractivity contribution in [1.82, 2.24) is 0 Å². The van der Waals surface area contributed by atoms with Gasteiger partial charge in [0, 0.05) is 12.5 Å². The Hall–Kier alpha value is -3.15. The van der Waals surface area contributed by atoms with Crippen molar-refractivity contribution >= 4 is 28.7 Å². The van der Waals surface area contributed by atoms with Crippen LogP contribution in [-0.2, 0) is 19.1 Å². The van der Waals surface area contributed by atoms with Gasteiger partial charge in [0.05, 0.1) is 19.3 Å². The van der Waals surface area contributed by atoms with Gasteiger partial charge in [-0.05, 0) is 41.5 Å². The van der Waals surface area contributed by atoms with Gasteiger partial charge >= 0.3 is 17.9 Å². The predicted octanol–water partition coefficient (Wildman–Crippen LogP) is 3.04. The number of hydrogen-bond acceptors (Lipinski definition) is 6. The van der Waals surface area contributed by atoms with E-state index in [9.17, 15) is 14.4 Å². The van der Waals surface area contributed by atoms with Gasteiger partial charge in [-0.3, -0.25) is 4.79 Å². The van der Waals surface area contributed by atoms with Gasteiger partial charge in [0.25, 0.3) is 0 Å². The van der Waals surface area contributed by atoms with E-state index >= 15 is 0 Å². The van der Waals surface area contributed by atoms with Crippen LogP contribution in [0.4, 0.5) is 0 Å². The van der Waals surface area contributed by atoms with Crippen molar-refractivity contribution in [3.05, 3.63) is 54.6 Å². The Morgan fingerprint density at radius 3 is 2.52 bits per heavy atom. The summed E-state index contributed by atoms with van der Waals surface area (Å²) in [7, 11) is 1.33. The molecule has 6 nitrogen and oxygen atoms in total. The molecule has 0 unspecified atom stereocenters. The summed E-state index contributed by atoms with van der Waals surface area (Å²) in [4.78, 5) is 34.2. The fourth-order valence-electron chi connectivity index (χ4n) is 2.16. The molecule has 0 aliphatic heterocycles. The number of esters is 3. The lowest BCUT2D eigenvalue weighted by Gasteiger charge is -2.07. The van der Waals surface area contributed by atoms with E-state index in [2.05, 4.69) is 11.3 Å². The molecule has 0 fully saturated rings. The predicted molar refractivity (Wildman–Crippen MR) is 91.3 cm³/mol. The van der Waals surface area contributed by atoms with Crippen molar-refractivity contribution in [1.29, 1.82) is 0 Å². The monoisotopic (exact) mass is 342 g/mol. The number of benzene rings is 2. The molecule has 2 rings (SSSR count). The minimum absolute atomic E-state index is 0.129. The first-order valence-electron chi connectivity index (χ1n) is 7.65. The summed E-state index contributed by atoms with van der Waals surface area (Å²) >= 11 is 0. The second kappa shape index (κ2) is 8.63. The maximum Gasteiger partial charge on any atom is 0.337 e. The van der Waals surface area contributed by atoms with Crippen molar-refractivity contribution in [3.8, 4) is 5.75 Å². The lowest BCUT2D eigenvalue weighted by atomic mass is 10.1. The summed E-state index contributed by atoms with van der Waals surface area (Å²) in [6.45, 7) is 3.42. The molecular weight excluding hydrogens is 324 g/mol. The number of rotatable bonds is 7. The number of ether oxygens (including phenoxy) is 3. The molecule has 0 bridgehead atoms.